The van der Waals surface area contributed by atoms with E-state index in [1.54, 1.807) is 4.90 Å². The first-order chi connectivity index (χ1) is 7.29. The van der Waals surface area contributed by atoms with Gasteiger partial charge in [0.2, 0.25) is 5.91 Å². The molecule has 0 atom stereocenters. The predicted molar refractivity (Wildman–Crippen MR) is 56.0 cm³/mol. The molecule has 0 bridgehead atoms. The van der Waals surface area contributed by atoms with Crippen molar-refractivity contribution in [2.45, 2.75) is 26.2 Å². The maximum Gasteiger partial charge on any atom is 0.225 e. The van der Waals surface area contributed by atoms with E-state index in [1.165, 1.54) is 0 Å². The number of nitrogens with zero attached hydrogens (tertiary/aromatic N) is 2. The summed E-state index contributed by atoms with van der Waals surface area (Å²) >= 11 is 0. The molecule has 0 aromatic carbocycles. The molecular formula is C11H18N2O2. The summed E-state index contributed by atoms with van der Waals surface area (Å²) in [7, 11) is 0. The Kier molecular flexibility index (Phi) is 5.13. The Bertz CT molecular complexity index is 241. The average Bonchev–Trinajstić information content (AvgIpc) is 2.31. The quantitative estimate of drug-likeness (QED) is 0.700. The van der Waals surface area contributed by atoms with Gasteiger partial charge in [0.15, 0.2) is 0 Å². The Hall–Kier alpha value is -1.08. The SMILES string of the molecule is CCN(CCC#N)C(=O)C1CCOCC1. The lowest BCUT2D eigenvalue weighted by atomic mass is 9.98. The zero-order valence-electron chi connectivity index (χ0n) is 9.24. The van der Waals surface area contributed by atoms with Gasteiger partial charge in [-0.1, -0.05) is 0 Å². The van der Waals surface area contributed by atoms with Crippen LogP contribution in [0.2, 0.25) is 0 Å². The van der Waals surface area contributed by atoms with Gasteiger partial charge in [0, 0.05) is 32.2 Å². The number of carbonyl (C=O) groups is 1. The Labute approximate surface area is 90.8 Å². The van der Waals surface area contributed by atoms with Gasteiger partial charge in [0.1, 0.15) is 0 Å². The van der Waals surface area contributed by atoms with Gasteiger partial charge in [-0.15, -0.1) is 0 Å². The summed E-state index contributed by atoms with van der Waals surface area (Å²) in [6, 6.07) is 2.07. The van der Waals surface area contributed by atoms with Crippen molar-refractivity contribution in [2.24, 2.45) is 5.92 Å². The number of ether oxygens (including phenoxy) is 1. The van der Waals surface area contributed by atoms with Gasteiger partial charge in [-0.2, -0.15) is 5.26 Å². The highest BCUT2D eigenvalue weighted by Crippen LogP contribution is 2.17. The van der Waals surface area contributed by atoms with E-state index in [4.69, 9.17) is 10.00 Å². The van der Waals surface area contributed by atoms with Gasteiger partial charge >= 0.3 is 0 Å². The fourth-order valence-corrected chi connectivity index (χ4v) is 1.81. The molecule has 1 rings (SSSR count). The van der Waals surface area contributed by atoms with Gasteiger partial charge in [0.25, 0.3) is 0 Å². The largest absolute Gasteiger partial charge is 0.381 e. The molecule has 0 unspecified atom stereocenters. The van der Waals surface area contributed by atoms with Crippen molar-refractivity contribution in [1.29, 1.82) is 5.26 Å². The first kappa shape index (κ1) is 12.0. The minimum Gasteiger partial charge on any atom is -0.381 e. The Morgan fingerprint density at radius 1 is 1.53 bits per heavy atom. The molecule has 1 fully saturated rings. The van der Waals surface area contributed by atoms with Gasteiger partial charge < -0.3 is 9.64 Å². The van der Waals surface area contributed by atoms with Crippen LogP contribution in [0.4, 0.5) is 0 Å². The molecule has 0 aromatic rings. The third-order valence-electron chi connectivity index (χ3n) is 2.76. The highest BCUT2D eigenvalue weighted by Gasteiger charge is 2.25. The molecule has 84 valence electrons. The van der Waals surface area contributed by atoms with E-state index >= 15 is 0 Å². The third-order valence-corrected chi connectivity index (χ3v) is 2.76. The Morgan fingerprint density at radius 2 is 2.20 bits per heavy atom. The first-order valence-corrected chi connectivity index (χ1v) is 5.53. The molecule has 0 radical (unpaired) electrons. The van der Waals surface area contributed by atoms with Crippen molar-refractivity contribution in [2.75, 3.05) is 26.3 Å². The molecule has 4 heteroatoms. The van der Waals surface area contributed by atoms with E-state index in [9.17, 15) is 4.79 Å². The summed E-state index contributed by atoms with van der Waals surface area (Å²) in [4.78, 5) is 13.8. The van der Waals surface area contributed by atoms with Gasteiger partial charge in [0.05, 0.1) is 12.5 Å². The van der Waals surface area contributed by atoms with Crippen LogP contribution in [0, 0.1) is 17.2 Å². The van der Waals surface area contributed by atoms with E-state index in [1.807, 2.05) is 6.92 Å². The van der Waals surface area contributed by atoms with Crippen LogP contribution in [-0.4, -0.2) is 37.1 Å². The number of hydrogen-bond acceptors (Lipinski definition) is 3. The van der Waals surface area contributed by atoms with Crippen LogP contribution >= 0.6 is 0 Å². The normalized spacial score (nSPS) is 17.1. The monoisotopic (exact) mass is 210 g/mol. The van der Waals surface area contributed by atoms with E-state index in [-0.39, 0.29) is 11.8 Å². The van der Waals surface area contributed by atoms with Crippen LogP contribution in [0.25, 0.3) is 0 Å². The molecule has 1 saturated heterocycles. The van der Waals surface area contributed by atoms with Crippen molar-refractivity contribution in [3.63, 3.8) is 0 Å². The molecule has 0 aliphatic carbocycles. The molecule has 1 aliphatic rings. The van der Waals surface area contributed by atoms with Crippen molar-refractivity contribution in [3.05, 3.63) is 0 Å². The number of hydrogen-bond donors (Lipinski definition) is 0. The van der Waals surface area contributed by atoms with Crippen molar-refractivity contribution >= 4 is 5.91 Å². The predicted octanol–water partition coefficient (Wildman–Crippen LogP) is 1.18. The smallest absolute Gasteiger partial charge is 0.225 e. The standard InChI is InChI=1S/C11H18N2O2/c1-2-13(7-3-6-12)11(14)10-4-8-15-9-5-10/h10H,2-5,7-9H2,1H3. The second kappa shape index (κ2) is 6.41. The van der Waals surface area contributed by atoms with E-state index in [2.05, 4.69) is 6.07 Å². The molecule has 1 aliphatic heterocycles. The number of rotatable bonds is 4. The van der Waals surface area contributed by atoms with Crippen LogP contribution in [0.3, 0.4) is 0 Å². The molecule has 4 nitrogen and oxygen atoms in total. The molecule has 0 aromatic heterocycles. The number of amides is 1. The zero-order valence-corrected chi connectivity index (χ0v) is 9.24. The molecule has 0 N–H and O–H groups in total. The van der Waals surface area contributed by atoms with Gasteiger partial charge in [-0.05, 0) is 19.8 Å². The molecule has 0 saturated carbocycles. The van der Waals surface area contributed by atoms with E-state index in [0.29, 0.717) is 32.7 Å². The highest BCUT2D eigenvalue weighted by molar-refractivity contribution is 5.78. The molecular weight excluding hydrogens is 192 g/mol. The summed E-state index contributed by atoms with van der Waals surface area (Å²) in [6.07, 6.45) is 2.06. The second-order valence-corrected chi connectivity index (χ2v) is 3.71. The highest BCUT2D eigenvalue weighted by atomic mass is 16.5. The minimum absolute atomic E-state index is 0.109. The van der Waals surface area contributed by atoms with Crippen LogP contribution in [0.5, 0.6) is 0 Å². The van der Waals surface area contributed by atoms with E-state index < -0.39 is 0 Å². The number of carbonyl (C=O) groups excluding carboxylic acids is 1. The second-order valence-electron chi connectivity index (χ2n) is 3.71. The Morgan fingerprint density at radius 3 is 2.73 bits per heavy atom. The van der Waals surface area contributed by atoms with Crippen LogP contribution < -0.4 is 0 Å². The minimum atomic E-state index is 0.109. The molecule has 15 heavy (non-hydrogen) atoms. The fraction of sp³-hybridized carbons (Fsp3) is 0.818. The van der Waals surface area contributed by atoms with Crippen LogP contribution in [0.1, 0.15) is 26.2 Å². The lowest BCUT2D eigenvalue weighted by Crippen LogP contribution is -2.38. The van der Waals surface area contributed by atoms with Crippen molar-refractivity contribution in [1.82, 2.24) is 4.90 Å². The molecule has 1 heterocycles. The summed E-state index contributed by atoms with van der Waals surface area (Å²) in [5.41, 5.74) is 0. The summed E-state index contributed by atoms with van der Waals surface area (Å²) < 4.78 is 5.22. The topological polar surface area (TPSA) is 53.3 Å². The molecule has 0 spiro atoms. The molecule has 1 amide bonds. The summed E-state index contributed by atoms with van der Waals surface area (Å²) in [6.45, 7) is 4.58. The lowest BCUT2D eigenvalue weighted by Gasteiger charge is -2.27. The third kappa shape index (κ3) is 3.52. The average molecular weight is 210 g/mol. The maximum absolute atomic E-state index is 12.0. The van der Waals surface area contributed by atoms with Crippen molar-refractivity contribution in [3.8, 4) is 6.07 Å². The maximum atomic E-state index is 12.0. The lowest BCUT2D eigenvalue weighted by molar-refractivity contribution is -0.138. The fourth-order valence-electron chi connectivity index (χ4n) is 1.81. The van der Waals surface area contributed by atoms with Gasteiger partial charge in [-0.3, -0.25) is 4.79 Å². The van der Waals surface area contributed by atoms with Crippen molar-refractivity contribution < 1.29 is 9.53 Å². The summed E-state index contributed by atoms with van der Waals surface area (Å²) in [5.74, 6) is 0.299. The first-order valence-electron chi connectivity index (χ1n) is 5.53. The van der Waals surface area contributed by atoms with E-state index in [0.717, 1.165) is 12.8 Å². The van der Waals surface area contributed by atoms with Crippen LogP contribution in [-0.2, 0) is 9.53 Å². The number of nitriles is 1. The Balaban J connectivity index is 2.44. The van der Waals surface area contributed by atoms with Crippen LogP contribution in [0.15, 0.2) is 0 Å². The van der Waals surface area contributed by atoms with Gasteiger partial charge in [-0.25, -0.2) is 0 Å². The zero-order chi connectivity index (χ0) is 11.1. The summed E-state index contributed by atoms with van der Waals surface area (Å²) in [5, 5.41) is 8.49.